The van der Waals surface area contributed by atoms with E-state index in [0.29, 0.717) is 33.8 Å². The van der Waals surface area contributed by atoms with Gasteiger partial charge in [-0.3, -0.25) is 5.10 Å². The van der Waals surface area contributed by atoms with Crippen LogP contribution in [-0.4, -0.2) is 31.7 Å². The lowest BCUT2D eigenvalue weighted by Gasteiger charge is -2.20. The minimum absolute atomic E-state index is 0.0719. The highest BCUT2D eigenvalue weighted by Crippen LogP contribution is 2.31. The van der Waals surface area contributed by atoms with Crippen molar-refractivity contribution in [2.45, 2.75) is 59.4 Å². The SMILES string of the molecule is Cc1cc(Nc2cc(C(C)(C)C)n[nH]2)nc(Oc2ccc(NC(=O)NC(C)(C)C)cc2Cl)n1. The maximum atomic E-state index is 12.1. The van der Waals surface area contributed by atoms with Crippen molar-refractivity contribution in [2.75, 3.05) is 10.6 Å². The highest BCUT2D eigenvalue weighted by Gasteiger charge is 2.18. The molecule has 0 saturated heterocycles. The van der Waals surface area contributed by atoms with Crippen LogP contribution >= 0.6 is 11.6 Å². The number of hydrogen-bond donors (Lipinski definition) is 4. The number of nitrogens with one attached hydrogen (secondary N) is 4. The van der Waals surface area contributed by atoms with E-state index < -0.39 is 0 Å². The van der Waals surface area contributed by atoms with Crippen molar-refractivity contribution in [2.24, 2.45) is 0 Å². The summed E-state index contributed by atoms with van der Waals surface area (Å²) in [5.74, 6) is 1.63. The molecule has 2 amide bonds. The van der Waals surface area contributed by atoms with Crippen LogP contribution in [-0.2, 0) is 5.41 Å². The first-order valence-corrected chi connectivity index (χ1v) is 10.9. The summed E-state index contributed by atoms with van der Waals surface area (Å²) in [5, 5.41) is 16.4. The lowest BCUT2D eigenvalue weighted by atomic mass is 9.92. The second kappa shape index (κ2) is 9.27. The first kappa shape index (κ1) is 24.3. The Kier molecular flexibility index (Phi) is 6.83. The minimum atomic E-state index is -0.352. The number of benzene rings is 1. The van der Waals surface area contributed by atoms with Crippen LogP contribution in [0.25, 0.3) is 0 Å². The number of carbonyl (C=O) groups is 1. The molecule has 4 N–H and O–H groups in total. The van der Waals surface area contributed by atoms with E-state index >= 15 is 0 Å². The zero-order valence-electron chi connectivity index (χ0n) is 19.9. The fraction of sp³-hybridized carbons (Fsp3) is 0.391. The van der Waals surface area contributed by atoms with E-state index in [1.54, 1.807) is 24.3 Å². The fourth-order valence-electron chi connectivity index (χ4n) is 2.82. The Morgan fingerprint density at radius 2 is 1.79 bits per heavy atom. The Morgan fingerprint density at radius 3 is 2.39 bits per heavy atom. The number of aromatic nitrogens is 4. The molecular formula is C23H30ClN7O2. The lowest BCUT2D eigenvalue weighted by Crippen LogP contribution is -2.43. The second-order valence-electron chi connectivity index (χ2n) is 9.80. The summed E-state index contributed by atoms with van der Waals surface area (Å²) in [6.07, 6.45) is 0. The van der Waals surface area contributed by atoms with E-state index in [9.17, 15) is 4.79 Å². The first-order valence-electron chi connectivity index (χ1n) is 10.5. The van der Waals surface area contributed by atoms with Gasteiger partial charge in [0.15, 0.2) is 0 Å². The third-order valence-corrected chi connectivity index (χ3v) is 4.62. The van der Waals surface area contributed by atoms with E-state index in [4.69, 9.17) is 16.3 Å². The van der Waals surface area contributed by atoms with Crippen molar-refractivity contribution in [3.05, 3.63) is 46.7 Å². The first-order chi connectivity index (χ1) is 15.3. The number of H-pyrrole nitrogens is 1. The number of halogens is 1. The average molecular weight is 472 g/mol. The van der Waals surface area contributed by atoms with Crippen LogP contribution in [0.3, 0.4) is 0 Å². The number of hydrogen-bond acceptors (Lipinski definition) is 6. The van der Waals surface area contributed by atoms with E-state index in [2.05, 4.69) is 56.9 Å². The van der Waals surface area contributed by atoms with Crippen molar-refractivity contribution in [1.29, 1.82) is 0 Å². The zero-order valence-corrected chi connectivity index (χ0v) is 20.7. The van der Waals surface area contributed by atoms with Gasteiger partial charge in [0.2, 0.25) is 0 Å². The number of aromatic amines is 1. The molecule has 3 rings (SSSR count). The van der Waals surface area contributed by atoms with Crippen LogP contribution < -0.4 is 20.7 Å². The summed E-state index contributed by atoms with van der Waals surface area (Å²) in [6, 6.07) is 8.50. The largest absolute Gasteiger partial charge is 0.423 e. The Labute approximate surface area is 198 Å². The monoisotopic (exact) mass is 471 g/mol. The van der Waals surface area contributed by atoms with Gasteiger partial charge in [-0.15, -0.1) is 0 Å². The van der Waals surface area contributed by atoms with Crippen LogP contribution in [0.5, 0.6) is 11.8 Å². The Bertz CT molecular complexity index is 1150. The van der Waals surface area contributed by atoms with Crippen LogP contribution in [0.4, 0.5) is 22.1 Å². The third-order valence-electron chi connectivity index (χ3n) is 4.32. The smallest absolute Gasteiger partial charge is 0.324 e. The van der Waals surface area contributed by atoms with Crippen LogP contribution in [0, 0.1) is 6.92 Å². The molecule has 3 aromatic rings. The maximum Gasteiger partial charge on any atom is 0.324 e. The highest BCUT2D eigenvalue weighted by molar-refractivity contribution is 6.32. The van der Waals surface area contributed by atoms with Gasteiger partial charge in [0.1, 0.15) is 17.4 Å². The normalized spacial score (nSPS) is 11.8. The van der Waals surface area contributed by atoms with Crippen molar-refractivity contribution < 1.29 is 9.53 Å². The summed E-state index contributed by atoms with van der Waals surface area (Å²) >= 11 is 6.37. The molecule has 0 radical (unpaired) electrons. The maximum absolute atomic E-state index is 12.1. The van der Waals surface area contributed by atoms with Crippen molar-refractivity contribution in [3.8, 4) is 11.8 Å². The molecule has 0 aliphatic rings. The fourth-order valence-corrected chi connectivity index (χ4v) is 3.04. The van der Waals surface area contributed by atoms with Crippen LogP contribution in [0.15, 0.2) is 30.3 Å². The van der Waals surface area contributed by atoms with Crippen molar-refractivity contribution in [1.82, 2.24) is 25.5 Å². The van der Waals surface area contributed by atoms with Crippen molar-refractivity contribution >= 4 is 35.0 Å². The van der Waals surface area contributed by atoms with Gasteiger partial charge in [-0.25, -0.2) is 9.78 Å². The molecule has 1 aromatic carbocycles. The summed E-state index contributed by atoms with van der Waals surface area (Å²) in [6.45, 7) is 13.8. The number of ether oxygens (including phenoxy) is 1. The number of anilines is 3. The molecule has 0 spiro atoms. The summed E-state index contributed by atoms with van der Waals surface area (Å²) in [5.41, 5.74) is 1.76. The molecule has 33 heavy (non-hydrogen) atoms. The van der Waals surface area contributed by atoms with Gasteiger partial charge in [0.05, 0.1) is 10.7 Å². The predicted molar refractivity (Wildman–Crippen MR) is 131 cm³/mol. The topological polar surface area (TPSA) is 117 Å². The van der Waals surface area contributed by atoms with E-state index in [-0.39, 0.29) is 23.0 Å². The van der Waals surface area contributed by atoms with Gasteiger partial charge in [0, 0.05) is 34.5 Å². The molecule has 9 nitrogen and oxygen atoms in total. The average Bonchev–Trinajstić information content (AvgIpc) is 3.11. The van der Waals surface area contributed by atoms with E-state index in [1.165, 1.54) is 0 Å². The molecule has 0 saturated carbocycles. The standard InChI is InChI=1S/C23H30ClN7O2/c1-13-10-18(27-19-12-17(30-31-19)22(2,3)4)28-21(25-13)33-16-9-8-14(11-15(16)24)26-20(32)29-23(5,6)7/h8-12H,1-7H3,(H2,26,29,32)(H2,25,27,28,30,31). The molecule has 0 atom stereocenters. The summed E-state index contributed by atoms with van der Waals surface area (Å²) in [7, 11) is 0. The quantitative estimate of drug-likeness (QED) is 0.367. The molecule has 0 aliphatic heterocycles. The van der Waals surface area contributed by atoms with E-state index in [1.807, 2.05) is 33.8 Å². The Balaban J connectivity index is 1.72. The summed E-state index contributed by atoms with van der Waals surface area (Å²) in [4.78, 5) is 20.8. The van der Waals surface area contributed by atoms with E-state index in [0.717, 1.165) is 5.69 Å². The Morgan fingerprint density at radius 1 is 1.06 bits per heavy atom. The molecular weight excluding hydrogens is 442 g/mol. The second-order valence-corrected chi connectivity index (χ2v) is 10.2. The number of amides is 2. The Hall–Kier alpha value is -3.33. The number of aryl methyl sites for hydroxylation is 1. The number of urea groups is 1. The van der Waals surface area contributed by atoms with Gasteiger partial charge >= 0.3 is 12.0 Å². The lowest BCUT2D eigenvalue weighted by molar-refractivity contribution is 0.244. The molecule has 0 bridgehead atoms. The molecule has 0 fully saturated rings. The zero-order chi connectivity index (χ0) is 24.4. The highest BCUT2D eigenvalue weighted by atomic mass is 35.5. The number of nitrogens with zero attached hydrogens (tertiary/aromatic N) is 3. The molecule has 2 aromatic heterocycles. The number of carbonyl (C=O) groups excluding carboxylic acids is 1. The van der Waals surface area contributed by atoms with Gasteiger partial charge in [-0.05, 0) is 45.9 Å². The summed E-state index contributed by atoms with van der Waals surface area (Å²) < 4.78 is 5.82. The van der Waals surface area contributed by atoms with Gasteiger partial charge in [-0.1, -0.05) is 32.4 Å². The molecule has 10 heteroatoms. The molecule has 0 unspecified atom stereocenters. The van der Waals surface area contributed by atoms with Gasteiger partial charge in [-0.2, -0.15) is 10.1 Å². The molecule has 176 valence electrons. The van der Waals surface area contributed by atoms with Crippen LogP contribution in [0.1, 0.15) is 52.9 Å². The van der Waals surface area contributed by atoms with Crippen molar-refractivity contribution in [3.63, 3.8) is 0 Å². The molecule has 2 heterocycles. The third kappa shape index (κ3) is 7.08. The van der Waals surface area contributed by atoms with Crippen LogP contribution in [0.2, 0.25) is 5.02 Å². The predicted octanol–water partition coefficient (Wildman–Crippen LogP) is 5.91. The number of rotatable bonds is 5. The van der Waals surface area contributed by atoms with Gasteiger partial charge in [0.25, 0.3) is 0 Å². The van der Waals surface area contributed by atoms with Gasteiger partial charge < -0.3 is 20.7 Å². The minimum Gasteiger partial charge on any atom is -0.423 e. The molecule has 0 aliphatic carbocycles.